The van der Waals surface area contributed by atoms with E-state index in [-0.39, 0.29) is 23.5 Å². The van der Waals surface area contributed by atoms with Crippen LogP contribution in [0.3, 0.4) is 0 Å². The minimum atomic E-state index is -3.70. The molecule has 37 heavy (non-hydrogen) atoms. The van der Waals surface area contributed by atoms with E-state index in [1.54, 1.807) is 36.4 Å². The zero-order valence-corrected chi connectivity index (χ0v) is 22.4. The molecule has 8 nitrogen and oxygen atoms in total. The van der Waals surface area contributed by atoms with Gasteiger partial charge >= 0.3 is 0 Å². The summed E-state index contributed by atoms with van der Waals surface area (Å²) in [6, 6.07) is 15.7. The number of fused-ring (bicyclic) bond motifs is 1. The number of amides is 1. The number of sulfonamides is 1. The molecule has 2 aromatic heterocycles. The van der Waals surface area contributed by atoms with Crippen molar-refractivity contribution in [1.29, 1.82) is 0 Å². The zero-order chi connectivity index (χ0) is 26.0. The van der Waals surface area contributed by atoms with Crippen LogP contribution in [0.25, 0.3) is 10.2 Å². The SMILES string of the molecule is CCc1cccc2sc(N(Cc3ccco3)C(=O)c3ccc(S(=O)(=O)N(C)CC4CCCO4)cc3)nc12. The second-order valence-corrected chi connectivity index (χ2v) is 12.1. The van der Waals surface area contributed by atoms with Gasteiger partial charge in [-0.25, -0.2) is 13.4 Å². The van der Waals surface area contributed by atoms with Gasteiger partial charge in [-0.2, -0.15) is 4.31 Å². The van der Waals surface area contributed by atoms with Gasteiger partial charge in [0.05, 0.1) is 34.0 Å². The van der Waals surface area contributed by atoms with Gasteiger partial charge in [0.15, 0.2) is 5.13 Å². The van der Waals surface area contributed by atoms with Gasteiger partial charge in [0.25, 0.3) is 5.91 Å². The first-order valence-corrected chi connectivity index (χ1v) is 14.5. The molecule has 0 N–H and O–H groups in total. The van der Waals surface area contributed by atoms with Gasteiger partial charge in [-0.05, 0) is 67.3 Å². The highest BCUT2D eigenvalue weighted by atomic mass is 32.2. The third kappa shape index (κ3) is 5.33. The van der Waals surface area contributed by atoms with Crippen molar-refractivity contribution in [2.75, 3.05) is 25.1 Å². The Hall–Kier alpha value is -3.05. The van der Waals surface area contributed by atoms with Crippen LogP contribution < -0.4 is 4.90 Å². The van der Waals surface area contributed by atoms with Gasteiger partial charge in [-0.1, -0.05) is 30.4 Å². The van der Waals surface area contributed by atoms with E-state index in [4.69, 9.17) is 14.1 Å². The molecule has 2 aromatic carbocycles. The Morgan fingerprint density at radius 2 is 1.95 bits per heavy atom. The Balaban J connectivity index is 1.42. The van der Waals surface area contributed by atoms with Crippen LogP contribution in [0, 0.1) is 0 Å². The fraction of sp³-hybridized carbons (Fsp3) is 0.333. The molecule has 1 aliphatic heterocycles. The second-order valence-electron chi connectivity index (χ2n) is 9.03. The lowest BCUT2D eigenvalue weighted by atomic mass is 10.1. The number of benzene rings is 2. The molecule has 0 saturated carbocycles. The van der Waals surface area contributed by atoms with E-state index in [1.165, 1.54) is 27.8 Å². The fourth-order valence-electron chi connectivity index (χ4n) is 4.46. The molecule has 1 atom stereocenters. The Kier molecular flexibility index (Phi) is 7.43. The second kappa shape index (κ2) is 10.7. The number of nitrogens with zero attached hydrogens (tertiary/aromatic N) is 3. The van der Waals surface area contributed by atoms with Crippen molar-refractivity contribution in [2.24, 2.45) is 0 Å². The van der Waals surface area contributed by atoms with Crippen LogP contribution in [0.2, 0.25) is 0 Å². The highest BCUT2D eigenvalue weighted by molar-refractivity contribution is 7.89. The summed E-state index contributed by atoms with van der Waals surface area (Å²) in [7, 11) is -2.15. The summed E-state index contributed by atoms with van der Waals surface area (Å²) in [4.78, 5) is 20.2. The van der Waals surface area contributed by atoms with Crippen LogP contribution in [0.1, 0.15) is 41.4 Å². The van der Waals surface area contributed by atoms with Crippen molar-refractivity contribution in [2.45, 2.75) is 43.7 Å². The summed E-state index contributed by atoms with van der Waals surface area (Å²) >= 11 is 1.44. The molecular formula is C27H29N3O5S2. The molecule has 4 aromatic rings. The van der Waals surface area contributed by atoms with Gasteiger partial charge in [0.2, 0.25) is 10.0 Å². The molecule has 1 saturated heterocycles. The lowest BCUT2D eigenvalue weighted by molar-refractivity contribution is 0.0978. The number of rotatable bonds is 9. The molecule has 3 heterocycles. The third-order valence-corrected chi connectivity index (χ3v) is 9.42. The molecule has 0 aliphatic carbocycles. The van der Waals surface area contributed by atoms with E-state index in [0.29, 0.717) is 29.6 Å². The van der Waals surface area contributed by atoms with E-state index in [2.05, 4.69) is 6.92 Å². The average molecular weight is 540 g/mol. The van der Waals surface area contributed by atoms with Gasteiger partial charge in [0, 0.05) is 25.8 Å². The Morgan fingerprint density at radius 3 is 2.62 bits per heavy atom. The lowest BCUT2D eigenvalue weighted by Gasteiger charge is -2.21. The number of hydrogen-bond acceptors (Lipinski definition) is 7. The third-order valence-electron chi connectivity index (χ3n) is 6.54. The van der Waals surface area contributed by atoms with Crippen LogP contribution in [0.15, 0.2) is 70.2 Å². The van der Waals surface area contributed by atoms with Gasteiger partial charge in [-0.3, -0.25) is 9.69 Å². The van der Waals surface area contributed by atoms with Crippen molar-refractivity contribution < 1.29 is 22.4 Å². The molecule has 1 amide bonds. The lowest BCUT2D eigenvalue weighted by Crippen LogP contribution is -2.34. The maximum atomic E-state index is 13.7. The summed E-state index contributed by atoms with van der Waals surface area (Å²) in [6.07, 6.45) is 4.11. The van der Waals surface area contributed by atoms with E-state index >= 15 is 0 Å². The molecule has 1 aliphatic rings. The van der Waals surface area contributed by atoms with Crippen molar-refractivity contribution >= 4 is 42.6 Å². The summed E-state index contributed by atoms with van der Waals surface area (Å²) in [6.45, 7) is 3.25. The average Bonchev–Trinajstić information content (AvgIpc) is 3.69. The van der Waals surface area contributed by atoms with Gasteiger partial charge in [-0.15, -0.1) is 0 Å². The number of furan rings is 1. The number of thiazole rings is 1. The highest BCUT2D eigenvalue weighted by Crippen LogP contribution is 2.33. The molecule has 0 radical (unpaired) electrons. The van der Waals surface area contributed by atoms with Crippen molar-refractivity contribution in [3.05, 3.63) is 77.7 Å². The minimum Gasteiger partial charge on any atom is -0.467 e. The molecule has 1 fully saturated rings. The van der Waals surface area contributed by atoms with Gasteiger partial charge in [0.1, 0.15) is 5.76 Å². The standard InChI is InChI=1S/C27H29N3O5S2/c1-3-19-7-4-10-24-25(19)28-27(36-24)30(18-22-9-6-16-35-22)26(31)20-11-13-23(14-12-20)37(32,33)29(2)17-21-8-5-15-34-21/h4,6-7,9-14,16,21H,3,5,8,15,17-18H2,1-2H3. The van der Waals surface area contributed by atoms with Gasteiger partial charge < -0.3 is 9.15 Å². The topological polar surface area (TPSA) is 93.0 Å². The molecule has 5 rings (SSSR count). The summed E-state index contributed by atoms with van der Waals surface area (Å²) < 4.78 is 39.6. The van der Waals surface area contributed by atoms with Crippen LogP contribution in [0.4, 0.5) is 5.13 Å². The van der Waals surface area contributed by atoms with Crippen LogP contribution in [-0.4, -0.2) is 49.9 Å². The Morgan fingerprint density at radius 1 is 1.14 bits per heavy atom. The molecular weight excluding hydrogens is 510 g/mol. The fourth-order valence-corrected chi connectivity index (χ4v) is 6.67. The van der Waals surface area contributed by atoms with E-state index < -0.39 is 10.0 Å². The maximum absolute atomic E-state index is 13.7. The van der Waals surface area contributed by atoms with Crippen LogP contribution in [-0.2, 0) is 27.7 Å². The van der Waals surface area contributed by atoms with Crippen molar-refractivity contribution in [1.82, 2.24) is 9.29 Å². The number of ether oxygens (including phenoxy) is 1. The number of carbonyl (C=O) groups excluding carboxylic acids is 1. The van der Waals surface area contributed by atoms with Crippen LogP contribution in [0.5, 0.6) is 0 Å². The Bertz CT molecular complexity index is 1470. The first-order valence-electron chi connectivity index (χ1n) is 12.3. The molecule has 0 spiro atoms. The number of likely N-dealkylation sites (N-methyl/N-ethyl adjacent to an activating group) is 1. The first-order chi connectivity index (χ1) is 17.9. The first kappa shape index (κ1) is 25.6. The molecule has 0 bridgehead atoms. The van der Waals surface area contributed by atoms with E-state index in [9.17, 15) is 13.2 Å². The molecule has 10 heteroatoms. The number of aromatic nitrogens is 1. The number of carbonyl (C=O) groups is 1. The smallest absolute Gasteiger partial charge is 0.260 e. The highest BCUT2D eigenvalue weighted by Gasteiger charge is 2.27. The number of anilines is 1. The zero-order valence-electron chi connectivity index (χ0n) is 20.8. The Labute approximate surface area is 220 Å². The predicted octanol–water partition coefficient (Wildman–Crippen LogP) is 5.10. The summed E-state index contributed by atoms with van der Waals surface area (Å²) in [5.41, 5.74) is 2.37. The quantitative estimate of drug-likeness (QED) is 0.294. The minimum absolute atomic E-state index is 0.0854. The number of aryl methyl sites for hydroxylation is 1. The normalized spacial score (nSPS) is 16.0. The number of para-hydroxylation sites is 1. The monoisotopic (exact) mass is 539 g/mol. The maximum Gasteiger partial charge on any atom is 0.260 e. The van der Waals surface area contributed by atoms with Crippen molar-refractivity contribution in [3.63, 3.8) is 0 Å². The largest absolute Gasteiger partial charge is 0.467 e. The van der Waals surface area contributed by atoms with Crippen LogP contribution >= 0.6 is 11.3 Å². The molecule has 1 unspecified atom stereocenters. The number of hydrogen-bond donors (Lipinski definition) is 0. The van der Waals surface area contributed by atoms with Crippen molar-refractivity contribution in [3.8, 4) is 0 Å². The van der Waals surface area contributed by atoms with E-state index in [1.807, 2.05) is 24.3 Å². The van der Waals surface area contributed by atoms with E-state index in [0.717, 1.165) is 35.0 Å². The molecule has 194 valence electrons. The predicted molar refractivity (Wildman–Crippen MR) is 143 cm³/mol. The summed E-state index contributed by atoms with van der Waals surface area (Å²) in [5, 5.41) is 0.560. The summed E-state index contributed by atoms with van der Waals surface area (Å²) in [5.74, 6) is 0.337.